The van der Waals surface area contributed by atoms with E-state index in [9.17, 15) is 4.79 Å². The molecule has 0 bridgehead atoms. The molecule has 0 N–H and O–H groups in total. The van der Waals surface area contributed by atoms with Gasteiger partial charge in [0.15, 0.2) is 5.78 Å². The van der Waals surface area contributed by atoms with Crippen LogP contribution in [0.15, 0.2) is 57.8 Å². The maximum absolute atomic E-state index is 11.6. The average Bonchev–Trinajstić information content (AvgIpc) is 3.23. The minimum atomic E-state index is 0.0778. The van der Waals surface area contributed by atoms with Gasteiger partial charge in [-0.2, -0.15) is 4.98 Å². The summed E-state index contributed by atoms with van der Waals surface area (Å²) in [7, 11) is 2.13. The molecular weight excluding hydrogens is 416 g/mol. The first-order valence-corrected chi connectivity index (χ1v) is 11.5. The summed E-state index contributed by atoms with van der Waals surface area (Å²) in [6.45, 7) is 5.80. The van der Waals surface area contributed by atoms with Crippen molar-refractivity contribution >= 4 is 34.8 Å². The number of aromatic nitrogens is 2. The van der Waals surface area contributed by atoms with Gasteiger partial charge in [0.2, 0.25) is 11.8 Å². The molecule has 8 heteroatoms. The van der Waals surface area contributed by atoms with Gasteiger partial charge >= 0.3 is 0 Å². The Morgan fingerprint density at radius 3 is 2.60 bits per heavy atom. The molecule has 1 aliphatic heterocycles. The Bertz CT molecular complexity index is 1000. The van der Waals surface area contributed by atoms with Crippen molar-refractivity contribution in [2.75, 3.05) is 38.1 Å². The number of carbonyl (C=O) groups is 1. The van der Waals surface area contributed by atoms with Crippen molar-refractivity contribution in [1.82, 2.24) is 14.9 Å². The molecule has 1 aromatic carbocycles. The SMILES string of the molecule is CC(=O)c1ccc(Sc2cnc(N3CCN(C)CC3)nc2OCc2ccccc2)s1. The molecule has 4 rings (SSSR count). The number of carbonyl (C=O) groups excluding carboxylic acids is 1. The van der Waals surface area contributed by atoms with Gasteiger partial charge in [-0.05, 0) is 31.7 Å². The Kier molecular flexibility index (Phi) is 6.66. The standard InChI is InChI=1S/C22H24N4O2S2/c1-16(27)18-8-9-20(29-18)30-19-14-23-22(26-12-10-25(2)11-13-26)24-21(19)28-15-17-6-4-3-5-7-17/h3-9,14H,10-13,15H2,1-2H3. The molecule has 0 radical (unpaired) electrons. The summed E-state index contributed by atoms with van der Waals surface area (Å²) in [5.41, 5.74) is 1.09. The van der Waals surface area contributed by atoms with Crippen LogP contribution in [0.5, 0.6) is 5.88 Å². The zero-order valence-corrected chi connectivity index (χ0v) is 18.7. The van der Waals surface area contributed by atoms with Crippen LogP contribution in [0, 0.1) is 0 Å². The first-order chi connectivity index (χ1) is 14.6. The van der Waals surface area contributed by atoms with Gasteiger partial charge in [0.1, 0.15) is 6.61 Å². The lowest BCUT2D eigenvalue weighted by atomic mass is 10.2. The Hall–Kier alpha value is -2.42. The largest absolute Gasteiger partial charge is 0.472 e. The molecule has 1 fully saturated rings. The summed E-state index contributed by atoms with van der Waals surface area (Å²) >= 11 is 3.01. The van der Waals surface area contributed by atoms with Crippen LogP contribution in [0.3, 0.4) is 0 Å². The summed E-state index contributed by atoms with van der Waals surface area (Å²) < 4.78 is 7.15. The number of hydrogen-bond donors (Lipinski definition) is 0. The molecule has 0 aliphatic carbocycles. The third-order valence-electron chi connectivity index (χ3n) is 4.85. The van der Waals surface area contributed by atoms with Crippen LogP contribution in [0.4, 0.5) is 5.95 Å². The average molecular weight is 441 g/mol. The summed E-state index contributed by atoms with van der Waals surface area (Å²) in [4.78, 5) is 27.1. The Morgan fingerprint density at radius 1 is 1.13 bits per heavy atom. The van der Waals surface area contributed by atoms with Crippen molar-refractivity contribution in [3.05, 3.63) is 59.1 Å². The number of anilines is 1. The molecule has 6 nitrogen and oxygen atoms in total. The molecule has 3 aromatic rings. The van der Waals surface area contributed by atoms with Crippen LogP contribution in [0.1, 0.15) is 22.2 Å². The topological polar surface area (TPSA) is 58.6 Å². The smallest absolute Gasteiger partial charge is 0.233 e. The minimum absolute atomic E-state index is 0.0778. The first-order valence-electron chi connectivity index (χ1n) is 9.84. The maximum atomic E-state index is 11.6. The van der Waals surface area contributed by atoms with Crippen LogP contribution in [-0.2, 0) is 6.61 Å². The van der Waals surface area contributed by atoms with E-state index in [0.29, 0.717) is 18.4 Å². The fourth-order valence-electron chi connectivity index (χ4n) is 3.08. The van der Waals surface area contributed by atoms with Crippen molar-refractivity contribution in [3.8, 4) is 5.88 Å². The summed E-state index contributed by atoms with van der Waals surface area (Å²) in [5, 5.41) is 0. The van der Waals surface area contributed by atoms with Crippen molar-refractivity contribution in [2.45, 2.75) is 22.6 Å². The summed E-state index contributed by atoms with van der Waals surface area (Å²) in [5.74, 6) is 1.35. The van der Waals surface area contributed by atoms with Gasteiger partial charge in [0.25, 0.3) is 0 Å². The number of ether oxygens (including phenoxy) is 1. The summed E-state index contributed by atoms with van der Waals surface area (Å²) in [6.07, 6.45) is 1.83. The van der Waals surface area contributed by atoms with Gasteiger partial charge in [-0.3, -0.25) is 4.79 Å². The highest BCUT2D eigenvalue weighted by molar-refractivity contribution is 8.01. The highest BCUT2D eigenvalue weighted by Crippen LogP contribution is 2.38. The molecule has 30 heavy (non-hydrogen) atoms. The molecule has 156 valence electrons. The fraction of sp³-hybridized carbons (Fsp3) is 0.318. The monoisotopic (exact) mass is 440 g/mol. The lowest BCUT2D eigenvalue weighted by Crippen LogP contribution is -2.45. The molecule has 0 atom stereocenters. The van der Waals surface area contributed by atoms with Crippen molar-refractivity contribution < 1.29 is 9.53 Å². The van der Waals surface area contributed by atoms with Crippen molar-refractivity contribution in [2.24, 2.45) is 0 Å². The second-order valence-corrected chi connectivity index (χ2v) is 9.61. The molecular formula is C22H24N4O2S2. The van der Waals surface area contributed by atoms with E-state index >= 15 is 0 Å². The number of ketones is 1. The van der Waals surface area contributed by atoms with E-state index in [1.54, 1.807) is 6.92 Å². The van der Waals surface area contributed by atoms with Gasteiger partial charge in [0.05, 0.1) is 20.2 Å². The number of nitrogens with zero attached hydrogens (tertiary/aromatic N) is 4. The quantitative estimate of drug-likeness (QED) is 0.510. The van der Waals surface area contributed by atoms with Gasteiger partial charge in [-0.25, -0.2) is 4.98 Å². The lowest BCUT2D eigenvalue weighted by molar-refractivity contribution is 0.102. The maximum Gasteiger partial charge on any atom is 0.233 e. The second kappa shape index (κ2) is 9.59. The number of likely N-dealkylation sites (N-methyl/N-ethyl adjacent to an activating group) is 1. The van der Waals surface area contributed by atoms with Crippen LogP contribution in [0.25, 0.3) is 0 Å². The van der Waals surface area contributed by atoms with E-state index < -0.39 is 0 Å². The molecule has 1 aliphatic rings. The molecule has 1 saturated heterocycles. The van der Waals surface area contributed by atoms with Crippen molar-refractivity contribution in [3.63, 3.8) is 0 Å². The van der Waals surface area contributed by atoms with Gasteiger partial charge < -0.3 is 14.5 Å². The number of Topliss-reactive ketones (excluding diaryl/α,β-unsaturated/α-hetero) is 1. The van der Waals surface area contributed by atoms with Gasteiger partial charge in [0, 0.05) is 26.2 Å². The fourth-order valence-corrected chi connectivity index (χ4v) is 5.07. The van der Waals surface area contributed by atoms with E-state index in [0.717, 1.165) is 45.7 Å². The van der Waals surface area contributed by atoms with Crippen LogP contribution >= 0.6 is 23.1 Å². The van der Waals surface area contributed by atoms with E-state index in [1.807, 2.05) is 48.7 Å². The minimum Gasteiger partial charge on any atom is -0.472 e. The lowest BCUT2D eigenvalue weighted by Gasteiger charge is -2.32. The Labute approximate surface area is 184 Å². The predicted octanol–water partition coefficient (Wildman–Crippen LogP) is 4.22. The van der Waals surface area contributed by atoms with Gasteiger partial charge in [-0.15, -0.1) is 11.3 Å². The number of hydrogen-bond acceptors (Lipinski definition) is 8. The number of piperazine rings is 1. The molecule has 0 saturated carbocycles. The van der Waals surface area contributed by atoms with Crippen molar-refractivity contribution in [1.29, 1.82) is 0 Å². The predicted molar refractivity (Wildman–Crippen MR) is 121 cm³/mol. The van der Waals surface area contributed by atoms with Crippen LogP contribution in [0.2, 0.25) is 0 Å². The molecule has 0 spiro atoms. The van der Waals surface area contributed by atoms with E-state index in [2.05, 4.69) is 21.8 Å². The van der Waals surface area contributed by atoms with Crippen LogP contribution in [-0.4, -0.2) is 53.9 Å². The Morgan fingerprint density at radius 2 is 1.90 bits per heavy atom. The summed E-state index contributed by atoms with van der Waals surface area (Å²) in [6, 6.07) is 13.9. The Balaban J connectivity index is 1.57. The normalized spacial score (nSPS) is 14.7. The highest BCUT2D eigenvalue weighted by atomic mass is 32.2. The molecule has 0 amide bonds. The highest BCUT2D eigenvalue weighted by Gasteiger charge is 2.19. The number of rotatable bonds is 7. The van der Waals surface area contributed by atoms with E-state index in [1.165, 1.54) is 23.1 Å². The zero-order chi connectivity index (χ0) is 20.9. The van der Waals surface area contributed by atoms with E-state index in [4.69, 9.17) is 9.72 Å². The third-order valence-corrected chi connectivity index (χ3v) is 7.17. The van der Waals surface area contributed by atoms with Gasteiger partial charge in [-0.1, -0.05) is 42.1 Å². The number of benzene rings is 1. The molecule has 2 aromatic heterocycles. The molecule has 0 unspecified atom stereocenters. The zero-order valence-electron chi connectivity index (χ0n) is 17.1. The third kappa shape index (κ3) is 5.19. The first kappa shape index (κ1) is 20.8. The van der Waals surface area contributed by atoms with Crippen LogP contribution < -0.4 is 9.64 Å². The molecule has 3 heterocycles. The number of thiophene rings is 1. The second-order valence-electron chi connectivity index (χ2n) is 7.18. The van der Waals surface area contributed by atoms with E-state index in [-0.39, 0.29) is 5.78 Å².